The van der Waals surface area contributed by atoms with Crippen LogP contribution in [0, 0.1) is 5.82 Å². The van der Waals surface area contributed by atoms with E-state index in [2.05, 4.69) is 10.0 Å². The Morgan fingerprint density at radius 2 is 1.65 bits per heavy atom. The fraction of sp³-hybridized carbons (Fsp3) is 0.136. The van der Waals surface area contributed by atoms with Gasteiger partial charge in [0.2, 0.25) is 10.0 Å². The van der Waals surface area contributed by atoms with Crippen LogP contribution in [0.5, 0.6) is 5.75 Å². The molecule has 0 atom stereocenters. The number of hydrogen-bond acceptors (Lipinski definition) is 4. The number of rotatable bonds is 8. The molecule has 0 saturated carbocycles. The quantitative estimate of drug-likeness (QED) is 0.521. The van der Waals surface area contributed by atoms with Crippen LogP contribution in [-0.4, -0.2) is 20.6 Å². The van der Waals surface area contributed by atoms with E-state index in [1.165, 1.54) is 30.3 Å². The summed E-state index contributed by atoms with van der Waals surface area (Å²) in [6.45, 7) is 0.593. The average molecular weight is 463 g/mol. The van der Waals surface area contributed by atoms with Gasteiger partial charge in [0.25, 0.3) is 5.91 Å². The molecule has 6 nitrogen and oxygen atoms in total. The Morgan fingerprint density at radius 3 is 2.26 bits per heavy atom. The molecule has 0 fully saturated rings. The molecule has 1 amide bonds. The van der Waals surface area contributed by atoms with E-state index in [0.717, 1.165) is 17.4 Å². The van der Waals surface area contributed by atoms with Gasteiger partial charge in [0.05, 0.1) is 16.8 Å². The van der Waals surface area contributed by atoms with E-state index in [9.17, 15) is 17.6 Å². The van der Waals surface area contributed by atoms with Crippen LogP contribution in [0.3, 0.4) is 0 Å². The third-order valence-electron chi connectivity index (χ3n) is 4.21. The Labute approximate surface area is 185 Å². The monoisotopic (exact) mass is 462 g/mol. The lowest BCUT2D eigenvalue weighted by Crippen LogP contribution is -2.23. The lowest BCUT2D eigenvalue weighted by atomic mass is 10.1. The van der Waals surface area contributed by atoms with Crippen LogP contribution in [0.25, 0.3) is 0 Å². The number of hydrogen-bond donors (Lipinski definition) is 2. The van der Waals surface area contributed by atoms with Crippen molar-refractivity contribution in [2.24, 2.45) is 0 Å². The van der Waals surface area contributed by atoms with Crippen molar-refractivity contribution in [3.8, 4) is 5.75 Å². The normalized spacial score (nSPS) is 11.1. The van der Waals surface area contributed by atoms with E-state index >= 15 is 0 Å². The van der Waals surface area contributed by atoms with E-state index in [-0.39, 0.29) is 34.5 Å². The number of carbonyl (C=O) groups excluding carboxylic acids is 1. The molecule has 0 aliphatic rings. The van der Waals surface area contributed by atoms with Gasteiger partial charge < -0.3 is 10.1 Å². The highest BCUT2D eigenvalue weighted by molar-refractivity contribution is 7.92. The fourth-order valence-electron chi connectivity index (χ4n) is 2.71. The fourth-order valence-corrected chi connectivity index (χ4v) is 3.53. The topological polar surface area (TPSA) is 84.5 Å². The predicted molar refractivity (Wildman–Crippen MR) is 118 cm³/mol. The first-order valence-electron chi connectivity index (χ1n) is 9.21. The smallest absolute Gasteiger partial charge is 0.253 e. The summed E-state index contributed by atoms with van der Waals surface area (Å²) >= 11 is 6.12. The van der Waals surface area contributed by atoms with Gasteiger partial charge in [-0.15, -0.1) is 0 Å². The van der Waals surface area contributed by atoms with Crippen LogP contribution in [0.15, 0.2) is 66.7 Å². The van der Waals surface area contributed by atoms with Crippen molar-refractivity contribution in [1.29, 1.82) is 0 Å². The molecule has 0 radical (unpaired) electrons. The highest BCUT2D eigenvalue weighted by Gasteiger charge is 2.12. The molecule has 31 heavy (non-hydrogen) atoms. The van der Waals surface area contributed by atoms with Gasteiger partial charge in [0.1, 0.15) is 18.2 Å². The number of ether oxygens (including phenoxy) is 1. The maximum absolute atomic E-state index is 12.9. The second-order valence-electron chi connectivity index (χ2n) is 6.81. The second kappa shape index (κ2) is 9.80. The molecular weight excluding hydrogens is 443 g/mol. The molecule has 162 valence electrons. The van der Waals surface area contributed by atoms with E-state index in [4.69, 9.17) is 16.3 Å². The highest BCUT2D eigenvalue weighted by Crippen LogP contribution is 2.22. The molecule has 0 aliphatic carbocycles. The van der Waals surface area contributed by atoms with Crippen LogP contribution in [-0.2, 0) is 23.2 Å². The van der Waals surface area contributed by atoms with E-state index < -0.39 is 10.0 Å². The third-order valence-corrected chi connectivity index (χ3v) is 5.13. The molecule has 0 heterocycles. The minimum Gasteiger partial charge on any atom is -0.489 e. The van der Waals surface area contributed by atoms with Crippen molar-refractivity contribution in [1.82, 2.24) is 5.32 Å². The summed E-state index contributed by atoms with van der Waals surface area (Å²) in [6.07, 6.45) is 1.03. The Bertz CT molecular complexity index is 1170. The maximum Gasteiger partial charge on any atom is 0.253 e. The van der Waals surface area contributed by atoms with Gasteiger partial charge in [-0.2, -0.15) is 0 Å². The van der Waals surface area contributed by atoms with Crippen molar-refractivity contribution < 1.29 is 22.3 Å². The molecule has 0 unspecified atom stereocenters. The Morgan fingerprint density at radius 1 is 1.00 bits per heavy atom. The van der Waals surface area contributed by atoms with E-state index in [1.54, 1.807) is 24.3 Å². The van der Waals surface area contributed by atoms with Crippen LogP contribution >= 0.6 is 11.6 Å². The summed E-state index contributed by atoms with van der Waals surface area (Å²) in [4.78, 5) is 12.4. The van der Waals surface area contributed by atoms with Crippen molar-refractivity contribution in [2.75, 3.05) is 11.0 Å². The van der Waals surface area contributed by atoms with Gasteiger partial charge in [-0.3, -0.25) is 9.52 Å². The van der Waals surface area contributed by atoms with Gasteiger partial charge in [-0.25, -0.2) is 12.8 Å². The molecule has 9 heteroatoms. The number of halogens is 2. The average Bonchev–Trinajstić information content (AvgIpc) is 2.71. The molecule has 0 spiro atoms. The first kappa shape index (κ1) is 22.6. The lowest BCUT2D eigenvalue weighted by Gasteiger charge is -2.10. The zero-order valence-electron chi connectivity index (χ0n) is 16.6. The Hall–Kier alpha value is -3.10. The lowest BCUT2D eigenvalue weighted by molar-refractivity contribution is 0.0951. The summed E-state index contributed by atoms with van der Waals surface area (Å²) in [5.41, 5.74) is 2.22. The van der Waals surface area contributed by atoms with Gasteiger partial charge in [0, 0.05) is 12.2 Å². The summed E-state index contributed by atoms with van der Waals surface area (Å²) in [5, 5.41) is 2.90. The number of anilines is 1. The number of amides is 1. The van der Waals surface area contributed by atoms with Crippen molar-refractivity contribution in [3.63, 3.8) is 0 Å². The Kier molecular flexibility index (Phi) is 7.14. The van der Waals surface area contributed by atoms with Crippen molar-refractivity contribution in [3.05, 3.63) is 94.3 Å². The summed E-state index contributed by atoms with van der Waals surface area (Å²) in [6, 6.07) is 17.6. The molecule has 3 aromatic rings. The predicted octanol–water partition coefficient (Wildman–Crippen LogP) is 4.36. The van der Waals surface area contributed by atoms with Crippen LogP contribution in [0.1, 0.15) is 21.5 Å². The minimum atomic E-state index is -3.43. The van der Waals surface area contributed by atoms with Gasteiger partial charge >= 0.3 is 0 Å². The number of nitrogens with one attached hydrogen (secondary N) is 2. The van der Waals surface area contributed by atoms with Crippen LogP contribution in [0.2, 0.25) is 5.02 Å². The van der Waals surface area contributed by atoms with Crippen LogP contribution < -0.4 is 14.8 Å². The molecule has 2 N–H and O–H groups in total. The molecule has 0 aliphatic heterocycles. The standard InChI is InChI=1S/C22H20ClFN2O4S/c1-31(28,29)26-18-8-11-20(21(23)12-18)22(27)25-13-15-4-9-19(10-5-15)30-14-16-2-6-17(24)7-3-16/h2-12,26H,13-14H2,1H3,(H,25,27). The summed E-state index contributed by atoms with van der Waals surface area (Å²) in [7, 11) is -3.43. The largest absolute Gasteiger partial charge is 0.489 e. The SMILES string of the molecule is CS(=O)(=O)Nc1ccc(C(=O)NCc2ccc(OCc3ccc(F)cc3)cc2)c(Cl)c1. The summed E-state index contributed by atoms with van der Waals surface area (Å²) in [5.74, 6) is -0.0260. The van der Waals surface area contributed by atoms with Crippen molar-refractivity contribution >= 4 is 33.2 Å². The zero-order chi connectivity index (χ0) is 22.4. The molecular formula is C22H20ClFN2O4S. The first-order valence-corrected chi connectivity index (χ1v) is 11.5. The molecule has 0 bridgehead atoms. The zero-order valence-corrected chi connectivity index (χ0v) is 18.1. The molecule has 3 aromatic carbocycles. The number of sulfonamides is 1. The summed E-state index contributed by atoms with van der Waals surface area (Å²) < 4.78 is 43.5. The van der Waals surface area contributed by atoms with Crippen molar-refractivity contribution in [2.45, 2.75) is 13.2 Å². The third kappa shape index (κ3) is 6.97. The van der Waals surface area contributed by atoms with Gasteiger partial charge in [0.15, 0.2) is 0 Å². The number of carbonyl (C=O) groups is 1. The highest BCUT2D eigenvalue weighted by atomic mass is 35.5. The van der Waals surface area contributed by atoms with Gasteiger partial charge in [-0.1, -0.05) is 35.9 Å². The van der Waals surface area contributed by atoms with E-state index in [1.807, 2.05) is 12.1 Å². The molecule has 0 saturated heterocycles. The Balaban J connectivity index is 1.53. The van der Waals surface area contributed by atoms with E-state index in [0.29, 0.717) is 12.4 Å². The van der Waals surface area contributed by atoms with Crippen LogP contribution in [0.4, 0.5) is 10.1 Å². The first-order chi connectivity index (χ1) is 14.7. The number of benzene rings is 3. The molecule has 0 aromatic heterocycles. The maximum atomic E-state index is 12.9. The molecule has 3 rings (SSSR count). The minimum absolute atomic E-state index is 0.135. The second-order valence-corrected chi connectivity index (χ2v) is 8.97. The van der Waals surface area contributed by atoms with Gasteiger partial charge in [-0.05, 0) is 53.6 Å².